The summed E-state index contributed by atoms with van der Waals surface area (Å²) >= 11 is 3.97. The van der Waals surface area contributed by atoms with Crippen molar-refractivity contribution >= 4 is 18.3 Å². The molecule has 0 aromatic rings. The molecule has 0 spiro atoms. The number of rotatable bonds is 1. The molecule has 0 rings (SSSR count). The molecular weight excluding hydrogens is 94.1 g/mol. The van der Waals surface area contributed by atoms with E-state index in [-0.39, 0.29) is 5.25 Å². The molecule has 1 unspecified atom stereocenters. The first-order chi connectivity index (χ1) is 2.64. The summed E-state index contributed by atoms with van der Waals surface area (Å²) in [4.78, 5) is 0. The lowest BCUT2D eigenvalue weighted by atomic mass is 10.3. The molecule has 0 aliphatic carbocycles. The fourth-order valence-electron chi connectivity index (χ4n) is 0. The van der Waals surface area contributed by atoms with Crippen molar-refractivity contribution in [3.63, 3.8) is 0 Å². The third kappa shape index (κ3) is 2.27. The summed E-state index contributed by atoms with van der Waals surface area (Å²) < 4.78 is 0. The van der Waals surface area contributed by atoms with E-state index < -0.39 is 0 Å². The van der Waals surface area contributed by atoms with E-state index in [4.69, 9.17) is 5.41 Å². The maximum Gasteiger partial charge on any atom is 0.0362 e. The van der Waals surface area contributed by atoms with Crippen LogP contribution in [-0.4, -0.2) is 11.0 Å². The Kier molecular flexibility index (Phi) is 2.25. The third-order valence-electron chi connectivity index (χ3n) is 0.627. The Hall–Kier alpha value is 0.0200. The molecule has 0 aromatic heterocycles. The van der Waals surface area contributed by atoms with E-state index in [9.17, 15) is 0 Å². The highest BCUT2D eigenvalue weighted by Crippen LogP contribution is 1.91. The molecule has 1 N–H and O–H groups in total. The number of nitrogens with one attached hydrogen (secondary N) is 1. The van der Waals surface area contributed by atoms with Crippen LogP contribution in [0.3, 0.4) is 0 Å². The van der Waals surface area contributed by atoms with E-state index in [2.05, 4.69) is 12.6 Å². The summed E-state index contributed by atoms with van der Waals surface area (Å²) in [6.45, 7) is 3.63. The van der Waals surface area contributed by atoms with Gasteiger partial charge in [-0.05, 0) is 13.8 Å². The van der Waals surface area contributed by atoms with Crippen molar-refractivity contribution in [2.75, 3.05) is 0 Å². The highest BCUT2D eigenvalue weighted by Gasteiger charge is 1.91. The van der Waals surface area contributed by atoms with Crippen LogP contribution in [-0.2, 0) is 0 Å². The van der Waals surface area contributed by atoms with Gasteiger partial charge in [-0.1, -0.05) is 0 Å². The van der Waals surface area contributed by atoms with Crippen molar-refractivity contribution in [3.8, 4) is 0 Å². The molecule has 0 bridgehead atoms. The van der Waals surface area contributed by atoms with Gasteiger partial charge in [0.25, 0.3) is 0 Å². The molecule has 0 heterocycles. The SMILES string of the molecule is CC(=N)C(C)S. The molecule has 0 amide bonds. The first-order valence-electron chi connectivity index (χ1n) is 1.87. The summed E-state index contributed by atoms with van der Waals surface area (Å²) in [5, 5.41) is 7.00. The first-order valence-corrected chi connectivity index (χ1v) is 2.39. The smallest absolute Gasteiger partial charge is 0.0362 e. The van der Waals surface area contributed by atoms with Crippen LogP contribution in [0.25, 0.3) is 0 Å². The molecule has 0 fully saturated rings. The van der Waals surface area contributed by atoms with E-state index in [0.29, 0.717) is 5.71 Å². The Morgan fingerprint density at radius 2 is 2.00 bits per heavy atom. The van der Waals surface area contributed by atoms with Crippen molar-refractivity contribution in [3.05, 3.63) is 0 Å². The zero-order chi connectivity index (χ0) is 5.15. The predicted molar refractivity (Wildman–Crippen MR) is 31.8 cm³/mol. The highest BCUT2D eigenvalue weighted by molar-refractivity contribution is 7.81. The minimum absolute atomic E-state index is 0.130. The summed E-state index contributed by atoms with van der Waals surface area (Å²) in [7, 11) is 0. The van der Waals surface area contributed by atoms with Crippen LogP contribution in [0.5, 0.6) is 0 Å². The van der Waals surface area contributed by atoms with Gasteiger partial charge in [0.15, 0.2) is 0 Å². The summed E-state index contributed by atoms with van der Waals surface area (Å²) in [5.41, 5.74) is 0.623. The molecule has 1 nitrogen and oxygen atoms in total. The van der Waals surface area contributed by atoms with Gasteiger partial charge < -0.3 is 5.41 Å². The monoisotopic (exact) mass is 103 g/mol. The van der Waals surface area contributed by atoms with Gasteiger partial charge in [0, 0.05) is 11.0 Å². The Morgan fingerprint density at radius 1 is 1.83 bits per heavy atom. The van der Waals surface area contributed by atoms with Crippen molar-refractivity contribution in [1.29, 1.82) is 5.41 Å². The zero-order valence-electron chi connectivity index (χ0n) is 4.02. The van der Waals surface area contributed by atoms with Crippen LogP contribution in [0.1, 0.15) is 13.8 Å². The van der Waals surface area contributed by atoms with Gasteiger partial charge in [-0.2, -0.15) is 12.6 Å². The molecule has 0 saturated heterocycles. The fourth-order valence-corrected chi connectivity index (χ4v) is 0. The molecule has 0 aliphatic heterocycles. The molecule has 6 heavy (non-hydrogen) atoms. The normalized spacial score (nSPS) is 13.8. The zero-order valence-corrected chi connectivity index (χ0v) is 4.92. The van der Waals surface area contributed by atoms with Crippen molar-refractivity contribution < 1.29 is 0 Å². The molecule has 0 aromatic carbocycles. The van der Waals surface area contributed by atoms with E-state index in [0.717, 1.165) is 0 Å². The molecule has 1 atom stereocenters. The third-order valence-corrected chi connectivity index (χ3v) is 1.01. The van der Waals surface area contributed by atoms with Gasteiger partial charge in [-0.15, -0.1) is 0 Å². The topological polar surface area (TPSA) is 23.9 Å². The van der Waals surface area contributed by atoms with Gasteiger partial charge in [-0.3, -0.25) is 0 Å². The van der Waals surface area contributed by atoms with Gasteiger partial charge in [0.05, 0.1) is 0 Å². The van der Waals surface area contributed by atoms with Crippen molar-refractivity contribution in [1.82, 2.24) is 0 Å². The van der Waals surface area contributed by atoms with E-state index in [1.165, 1.54) is 0 Å². The van der Waals surface area contributed by atoms with Gasteiger partial charge in [0.2, 0.25) is 0 Å². The summed E-state index contributed by atoms with van der Waals surface area (Å²) in [6.07, 6.45) is 0. The molecule has 36 valence electrons. The molecule has 0 saturated carbocycles. The van der Waals surface area contributed by atoms with E-state index in [1.807, 2.05) is 6.92 Å². The standard InChI is InChI=1S/C4H9NS/c1-3(5)4(2)6/h4-6H,1-2H3. The second-order valence-electron chi connectivity index (χ2n) is 1.36. The molecule has 2 heteroatoms. The molecular formula is C4H9NS. The maximum absolute atomic E-state index is 6.87. The minimum atomic E-state index is 0.130. The summed E-state index contributed by atoms with van der Waals surface area (Å²) in [5.74, 6) is 0. The average Bonchev–Trinajstić information content (AvgIpc) is 1.36. The van der Waals surface area contributed by atoms with Crippen molar-refractivity contribution in [2.45, 2.75) is 19.1 Å². The quantitative estimate of drug-likeness (QED) is 0.370. The molecule has 0 radical (unpaired) electrons. The lowest BCUT2D eigenvalue weighted by Crippen LogP contribution is -2.01. The Balaban J connectivity index is 3.26. The number of hydrogen-bond donors (Lipinski definition) is 2. The van der Waals surface area contributed by atoms with Crippen LogP contribution in [0.15, 0.2) is 0 Å². The number of hydrogen-bond acceptors (Lipinski definition) is 2. The average molecular weight is 103 g/mol. The maximum atomic E-state index is 6.87. The van der Waals surface area contributed by atoms with Crippen LogP contribution in [0.2, 0.25) is 0 Å². The van der Waals surface area contributed by atoms with Crippen LogP contribution >= 0.6 is 12.6 Å². The van der Waals surface area contributed by atoms with Crippen LogP contribution in [0, 0.1) is 5.41 Å². The summed E-state index contributed by atoms with van der Waals surface area (Å²) in [6, 6.07) is 0. The van der Waals surface area contributed by atoms with Gasteiger partial charge >= 0.3 is 0 Å². The predicted octanol–water partition coefficient (Wildman–Crippen LogP) is 1.34. The number of thiol groups is 1. The van der Waals surface area contributed by atoms with Gasteiger partial charge in [0.1, 0.15) is 0 Å². The van der Waals surface area contributed by atoms with Crippen molar-refractivity contribution in [2.24, 2.45) is 0 Å². The second-order valence-corrected chi connectivity index (χ2v) is 2.13. The Labute approximate surface area is 43.7 Å². The van der Waals surface area contributed by atoms with E-state index >= 15 is 0 Å². The fraction of sp³-hybridized carbons (Fsp3) is 0.750. The largest absolute Gasteiger partial charge is 0.309 e. The lowest BCUT2D eigenvalue weighted by molar-refractivity contribution is 1.26. The highest BCUT2D eigenvalue weighted by atomic mass is 32.1. The Morgan fingerprint density at radius 3 is 2.00 bits per heavy atom. The van der Waals surface area contributed by atoms with Crippen LogP contribution < -0.4 is 0 Å². The molecule has 0 aliphatic rings. The van der Waals surface area contributed by atoms with E-state index in [1.54, 1.807) is 6.92 Å². The first kappa shape index (κ1) is 6.02. The Bertz CT molecular complexity index is 58.6. The minimum Gasteiger partial charge on any atom is -0.309 e. The van der Waals surface area contributed by atoms with Gasteiger partial charge in [-0.25, -0.2) is 0 Å². The van der Waals surface area contributed by atoms with Crippen LogP contribution in [0.4, 0.5) is 0 Å². The second kappa shape index (κ2) is 2.24. The lowest BCUT2D eigenvalue weighted by Gasteiger charge is -1.94.